The normalized spacial score (nSPS) is 16.4. The zero-order valence-corrected chi connectivity index (χ0v) is 22.1. The second-order valence-corrected chi connectivity index (χ2v) is 9.84. The Morgan fingerprint density at radius 2 is 1.58 bits per heavy atom. The summed E-state index contributed by atoms with van der Waals surface area (Å²) in [5.74, 6) is 0.868. The van der Waals surface area contributed by atoms with Gasteiger partial charge >= 0.3 is 0 Å². The van der Waals surface area contributed by atoms with Crippen molar-refractivity contribution in [2.75, 3.05) is 38.3 Å². The maximum Gasteiger partial charge on any atom is 0.142 e. The van der Waals surface area contributed by atoms with Crippen LogP contribution in [0.4, 0.5) is 5.69 Å². The number of piperidine rings is 1. The lowest BCUT2D eigenvalue weighted by atomic mass is 10.1. The fourth-order valence-electron chi connectivity index (χ4n) is 4.93. The van der Waals surface area contributed by atoms with Gasteiger partial charge in [-0.3, -0.25) is 0 Å². The minimum atomic E-state index is -0.147. The van der Waals surface area contributed by atoms with Crippen molar-refractivity contribution in [2.45, 2.75) is 38.3 Å². The van der Waals surface area contributed by atoms with E-state index in [9.17, 15) is 0 Å². The van der Waals surface area contributed by atoms with Crippen molar-refractivity contribution in [2.24, 2.45) is 0 Å². The minimum Gasteiger partial charge on any atom is -0.489 e. The van der Waals surface area contributed by atoms with Crippen LogP contribution in [0.1, 0.15) is 24.0 Å². The van der Waals surface area contributed by atoms with Crippen LogP contribution < -0.4 is 9.64 Å². The summed E-state index contributed by atoms with van der Waals surface area (Å²) in [6, 6.07) is 33.5. The Bertz CT molecular complexity index is 1280. The van der Waals surface area contributed by atoms with Gasteiger partial charge in [0, 0.05) is 20.2 Å². The number of ether oxygens (including phenoxy) is 4. The van der Waals surface area contributed by atoms with Gasteiger partial charge in [-0.15, -0.1) is 0 Å². The van der Waals surface area contributed by atoms with Crippen LogP contribution in [0.3, 0.4) is 0 Å². The molecular weight excluding hydrogens is 474 g/mol. The minimum absolute atomic E-state index is 0.147. The molecule has 1 aliphatic heterocycles. The van der Waals surface area contributed by atoms with E-state index in [2.05, 4.69) is 71.6 Å². The third-order valence-electron chi connectivity index (χ3n) is 7.06. The second-order valence-electron chi connectivity index (χ2n) is 9.84. The van der Waals surface area contributed by atoms with Crippen molar-refractivity contribution >= 4 is 16.5 Å². The zero-order valence-electron chi connectivity index (χ0n) is 22.1. The third-order valence-corrected chi connectivity index (χ3v) is 7.06. The van der Waals surface area contributed by atoms with Crippen LogP contribution in [0.25, 0.3) is 10.8 Å². The summed E-state index contributed by atoms with van der Waals surface area (Å²) in [6.07, 6.45) is 2.19. The average molecular weight is 512 g/mol. The molecule has 0 aliphatic carbocycles. The van der Waals surface area contributed by atoms with Gasteiger partial charge in [-0.25, -0.2) is 0 Å². The maximum absolute atomic E-state index is 6.39. The van der Waals surface area contributed by atoms with E-state index in [-0.39, 0.29) is 12.2 Å². The van der Waals surface area contributed by atoms with Crippen molar-refractivity contribution in [1.29, 1.82) is 0 Å². The van der Waals surface area contributed by atoms with Crippen LogP contribution in [0, 0.1) is 0 Å². The Hall–Kier alpha value is -3.38. The SMILES string of the molecule is COC(COCc1ccccc1)COc1ccccc1N1CCCC(OCc2ccc3ccccc3c2)C1. The fraction of sp³-hybridized carbons (Fsp3) is 0.333. The zero-order chi connectivity index (χ0) is 26.0. The van der Waals surface area contributed by atoms with E-state index < -0.39 is 0 Å². The van der Waals surface area contributed by atoms with Crippen molar-refractivity contribution in [3.63, 3.8) is 0 Å². The Kier molecular flexibility index (Phi) is 9.27. The molecule has 0 N–H and O–H groups in total. The van der Waals surface area contributed by atoms with E-state index in [0.717, 1.165) is 42.9 Å². The number of methoxy groups -OCH3 is 1. The number of anilines is 1. The summed E-state index contributed by atoms with van der Waals surface area (Å²) in [7, 11) is 1.70. The van der Waals surface area contributed by atoms with Crippen molar-refractivity contribution in [3.05, 3.63) is 108 Å². The molecule has 2 unspecified atom stereocenters. The first-order chi connectivity index (χ1) is 18.8. The molecule has 5 rings (SSSR count). The number of nitrogens with zero attached hydrogens (tertiary/aromatic N) is 1. The lowest BCUT2D eigenvalue weighted by molar-refractivity contribution is -0.0196. The molecule has 4 aromatic rings. The molecule has 0 radical (unpaired) electrons. The Morgan fingerprint density at radius 3 is 2.45 bits per heavy atom. The molecule has 2 atom stereocenters. The predicted molar refractivity (Wildman–Crippen MR) is 153 cm³/mol. The molecule has 0 amide bonds. The van der Waals surface area contributed by atoms with Gasteiger partial charge in [-0.05, 0) is 52.9 Å². The Labute approximate surface area is 225 Å². The van der Waals surface area contributed by atoms with Gasteiger partial charge in [0.2, 0.25) is 0 Å². The van der Waals surface area contributed by atoms with E-state index in [0.29, 0.717) is 26.4 Å². The number of rotatable bonds is 12. The monoisotopic (exact) mass is 511 g/mol. The first-order valence-electron chi connectivity index (χ1n) is 13.5. The van der Waals surface area contributed by atoms with Crippen LogP contribution in [0.15, 0.2) is 97.1 Å². The molecule has 5 nitrogen and oxygen atoms in total. The van der Waals surface area contributed by atoms with Gasteiger partial charge in [-0.1, -0.05) is 78.9 Å². The molecule has 0 bridgehead atoms. The van der Waals surface area contributed by atoms with Gasteiger partial charge < -0.3 is 23.8 Å². The molecule has 198 valence electrons. The second kappa shape index (κ2) is 13.4. The standard InChI is InChI=1S/C33H37NO4/c1-35-31(24-36-22-26-10-3-2-4-11-26)25-38-33-16-8-7-15-32(33)34-19-9-14-30(21-34)37-23-27-17-18-28-12-5-6-13-29(28)20-27/h2-8,10-13,15-18,20,30-31H,9,14,19,21-25H2,1H3. The van der Waals surface area contributed by atoms with Crippen molar-refractivity contribution in [3.8, 4) is 5.75 Å². The number of benzene rings is 4. The summed E-state index contributed by atoms with van der Waals surface area (Å²) in [5.41, 5.74) is 3.47. The van der Waals surface area contributed by atoms with Gasteiger partial charge in [0.1, 0.15) is 18.5 Å². The van der Waals surface area contributed by atoms with Gasteiger partial charge in [0.15, 0.2) is 0 Å². The van der Waals surface area contributed by atoms with Crippen LogP contribution in [0.2, 0.25) is 0 Å². The number of para-hydroxylation sites is 2. The molecule has 0 saturated carbocycles. The Balaban J connectivity index is 1.14. The van der Waals surface area contributed by atoms with Gasteiger partial charge in [0.25, 0.3) is 0 Å². The van der Waals surface area contributed by atoms with Gasteiger partial charge in [0.05, 0.1) is 31.6 Å². The predicted octanol–water partition coefficient (Wildman–Crippen LogP) is 6.64. The molecule has 1 fully saturated rings. The molecule has 0 spiro atoms. The highest BCUT2D eigenvalue weighted by Gasteiger charge is 2.23. The highest BCUT2D eigenvalue weighted by molar-refractivity contribution is 5.82. The molecular formula is C33H37NO4. The maximum atomic E-state index is 6.39. The lowest BCUT2D eigenvalue weighted by Gasteiger charge is -2.35. The number of hydrogen-bond donors (Lipinski definition) is 0. The third kappa shape index (κ3) is 7.13. The molecule has 1 saturated heterocycles. The Morgan fingerprint density at radius 1 is 0.789 bits per heavy atom. The van der Waals surface area contributed by atoms with E-state index in [4.69, 9.17) is 18.9 Å². The highest BCUT2D eigenvalue weighted by Crippen LogP contribution is 2.31. The lowest BCUT2D eigenvalue weighted by Crippen LogP contribution is -2.40. The first kappa shape index (κ1) is 26.2. The summed E-state index contributed by atoms with van der Waals surface area (Å²) in [4.78, 5) is 2.39. The molecule has 5 heteroatoms. The van der Waals surface area contributed by atoms with E-state index in [1.165, 1.54) is 16.3 Å². The largest absolute Gasteiger partial charge is 0.489 e. The number of fused-ring (bicyclic) bond motifs is 1. The summed E-state index contributed by atoms with van der Waals surface area (Å²) < 4.78 is 24.2. The van der Waals surface area contributed by atoms with Crippen molar-refractivity contribution < 1.29 is 18.9 Å². The van der Waals surface area contributed by atoms with Crippen LogP contribution in [0.5, 0.6) is 5.75 Å². The van der Waals surface area contributed by atoms with Crippen LogP contribution in [-0.2, 0) is 27.4 Å². The quantitative estimate of drug-likeness (QED) is 0.213. The topological polar surface area (TPSA) is 40.2 Å². The summed E-state index contributed by atoms with van der Waals surface area (Å²) >= 11 is 0. The smallest absolute Gasteiger partial charge is 0.142 e. The van der Waals surface area contributed by atoms with Gasteiger partial charge in [-0.2, -0.15) is 0 Å². The fourth-order valence-corrected chi connectivity index (χ4v) is 4.93. The molecule has 1 heterocycles. The molecule has 38 heavy (non-hydrogen) atoms. The molecule has 4 aromatic carbocycles. The van der Waals surface area contributed by atoms with E-state index >= 15 is 0 Å². The van der Waals surface area contributed by atoms with Crippen LogP contribution >= 0.6 is 0 Å². The van der Waals surface area contributed by atoms with E-state index in [1.54, 1.807) is 7.11 Å². The van der Waals surface area contributed by atoms with Crippen molar-refractivity contribution in [1.82, 2.24) is 0 Å². The first-order valence-corrected chi connectivity index (χ1v) is 13.5. The highest BCUT2D eigenvalue weighted by atomic mass is 16.6. The average Bonchev–Trinajstić information content (AvgIpc) is 2.98. The molecule has 0 aromatic heterocycles. The van der Waals surface area contributed by atoms with Crippen LogP contribution in [-0.4, -0.2) is 45.6 Å². The number of hydrogen-bond acceptors (Lipinski definition) is 5. The summed E-state index contributed by atoms with van der Waals surface area (Å²) in [6.45, 7) is 3.93. The van der Waals surface area contributed by atoms with E-state index in [1.807, 2.05) is 30.3 Å². The summed E-state index contributed by atoms with van der Waals surface area (Å²) in [5, 5.41) is 2.51. The molecule has 1 aliphatic rings.